The molecule has 2 aliphatic rings. The van der Waals surface area contributed by atoms with Crippen LogP contribution in [0.15, 0.2) is 198 Å². The summed E-state index contributed by atoms with van der Waals surface area (Å²) in [6.45, 7) is 0. The van der Waals surface area contributed by atoms with Gasteiger partial charge in [0, 0.05) is 46.7 Å². The van der Waals surface area contributed by atoms with Crippen LogP contribution in [0, 0.1) is 0 Å². The molecule has 0 saturated carbocycles. The molecule has 0 amide bonds. The van der Waals surface area contributed by atoms with Gasteiger partial charge in [0.25, 0.3) is 0 Å². The predicted octanol–water partition coefficient (Wildman–Crippen LogP) is 14.7. The van der Waals surface area contributed by atoms with Crippen molar-refractivity contribution < 1.29 is 0 Å². The van der Waals surface area contributed by atoms with Crippen LogP contribution in [-0.2, 0) is 5.41 Å². The average molecular weight is 722 g/mol. The van der Waals surface area contributed by atoms with Crippen LogP contribution in [-0.4, -0.2) is 0 Å². The number of hydrogen-bond acceptors (Lipinski definition) is 3. The monoisotopic (exact) mass is 721 g/mol. The fourth-order valence-corrected chi connectivity index (χ4v) is 11.8. The maximum absolute atomic E-state index is 2.51. The van der Waals surface area contributed by atoms with Crippen molar-refractivity contribution in [1.29, 1.82) is 0 Å². The number of rotatable bonds is 3. The molecule has 12 rings (SSSR count). The highest BCUT2D eigenvalue weighted by atomic mass is 32.2. The molecule has 9 aromatic carbocycles. The molecule has 1 nitrogen and oxygen atoms in total. The third-order valence-corrected chi connectivity index (χ3v) is 14.0. The zero-order valence-corrected chi connectivity index (χ0v) is 30.8. The Morgan fingerprint density at radius 2 is 1.02 bits per heavy atom. The van der Waals surface area contributed by atoms with Crippen LogP contribution >= 0.6 is 23.1 Å². The number of hydrogen-bond donors (Lipinski definition) is 0. The highest BCUT2D eigenvalue weighted by molar-refractivity contribution is 7.99. The van der Waals surface area contributed by atoms with Crippen LogP contribution in [0.1, 0.15) is 22.3 Å². The van der Waals surface area contributed by atoms with E-state index in [-0.39, 0.29) is 0 Å². The molecule has 54 heavy (non-hydrogen) atoms. The highest BCUT2D eigenvalue weighted by Gasteiger charge is 2.48. The second kappa shape index (κ2) is 11.4. The van der Waals surface area contributed by atoms with Gasteiger partial charge < -0.3 is 4.90 Å². The lowest BCUT2D eigenvalue weighted by Gasteiger charge is -2.46. The largest absolute Gasteiger partial charge is 0.310 e. The molecular formula is C51H31NS2. The van der Waals surface area contributed by atoms with Crippen molar-refractivity contribution in [1.82, 2.24) is 0 Å². The molecular weight excluding hydrogens is 691 g/mol. The summed E-state index contributed by atoms with van der Waals surface area (Å²) in [7, 11) is 0. The van der Waals surface area contributed by atoms with E-state index < -0.39 is 5.41 Å². The minimum Gasteiger partial charge on any atom is -0.310 e. The van der Waals surface area contributed by atoms with Crippen molar-refractivity contribution in [2.75, 3.05) is 4.90 Å². The molecule has 1 unspecified atom stereocenters. The van der Waals surface area contributed by atoms with Crippen LogP contribution in [0.3, 0.4) is 0 Å². The maximum atomic E-state index is 2.51. The van der Waals surface area contributed by atoms with Crippen LogP contribution in [0.25, 0.3) is 52.8 Å². The topological polar surface area (TPSA) is 3.24 Å². The smallest absolute Gasteiger partial charge is 0.0736 e. The molecule has 1 aliphatic heterocycles. The average Bonchev–Trinajstić information content (AvgIpc) is 3.61. The summed E-state index contributed by atoms with van der Waals surface area (Å²) < 4.78 is 2.61. The van der Waals surface area contributed by atoms with Gasteiger partial charge in [0.15, 0.2) is 0 Å². The van der Waals surface area contributed by atoms with Crippen molar-refractivity contribution in [3.05, 3.63) is 210 Å². The molecule has 252 valence electrons. The van der Waals surface area contributed by atoms with Crippen molar-refractivity contribution in [2.24, 2.45) is 0 Å². The Balaban J connectivity index is 1.19. The molecule has 0 saturated heterocycles. The van der Waals surface area contributed by atoms with E-state index in [0.717, 1.165) is 11.4 Å². The Hall–Kier alpha value is -6.13. The summed E-state index contributed by atoms with van der Waals surface area (Å²) in [5, 5.41) is 7.70. The van der Waals surface area contributed by atoms with Gasteiger partial charge in [0.1, 0.15) is 0 Å². The second-order valence-corrected chi connectivity index (χ2v) is 16.6. The van der Waals surface area contributed by atoms with Gasteiger partial charge in [-0.05, 0) is 98.1 Å². The standard InChI is InChI=1S/C51H31NS2/c1-2-16-36-32(12-1)13-11-23-45(36)52(35-26-28-39-38-18-4-7-24-46(38)53-49(39)31-35)34-27-29-48-44(30-34)51(42-21-6-8-25-47(42)54-48)41-20-5-3-17-37(41)40-19-9-14-33-15-10-22-43(51)50(33)40/h1-31H. The number of fused-ring (bicyclic) bond motifs is 12. The Bertz CT molecular complexity index is 3160. The van der Waals surface area contributed by atoms with Gasteiger partial charge in [-0.3, -0.25) is 0 Å². The van der Waals surface area contributed by atoms with E-state index in [9.17, 15) is 0 Å². The van der Waals surface area contributed by atoms with Crippen LogP contribution in [0.5, 0.6) is 0 Å². The van der Waals surface area contributed by atoms with E-state index in [1.54, 1.807) is 0 Å². The summed E-state index contributed by atoms with van der Waals surface area (Å²) in [5.41, 5.74) is 10.9. The summed E-state index contributed by atoms with van der Waals surface area (Å²) in [5.74, 6) is 0. The summed E-state index contributed by atoms with van der Waals surface area (Å²) >= 11 is 3.77. The molecule has 1 spiro atoms. The molecule has 0 fully saturated rings. The third kappa shape index (κ3) is 4.11. The Kier molecular flexibility index (Phi) is 6.42. The van der Waals surface area contributed by atoms with Gasteiger partial charge >= 0.3 is 0 Å². The van der Waals surface area contributed by atoms with Crippen molar-refractivity contribution in [3.63, 3.8) is 0 Å². The summed E-state index contributed by atoms with van der Waals surface area (Å²) in [4.78, 5) is 5.10. The fourth-order valence-electron chi connectivity index (χ4n) is 9.50. The van der Waals surface area contributed by atoms with Gasteiger partial charge in [-0.1, -0.05) is 151 Å². The minimum atomic E-state index is -0.516. The normalized spacial score (nSPS) is 15.4. The van der Waals surface area contributed by atoms with E-state index in [2.05, 4.69) is 193 Å². The molecule has 0 N–H and O–H groups in total. The number of thiophene rings is 1. The fraction of sp³-hybridized carbons (Fsp3) is 0.0196. The third-order valence-electron chi connectivity index (χ3n) is 11.7. The Morgan fingerprint density at radius 1 is 0.389 bits per heavy atom. The SMILES string of the molecule is c1ccc2c(c1)Sc1ccc(N(c3ccc4c(c3)sc3ccccc34)c3cccc4ccccc34)cc1C21c2ccccc2-c2cccc3cccc1c23. The Labute approximate surface area is 321 Å². The molecule has 10 aromatic rings. The van der Waals surface area contributed by atoms with Gasteiger partial charge in [-0.25, -0.2) is 0 Å². The maximum Gasteiger partial charge on any atom is 0.0736 e. The molecule has 0 bridgehead atoms. The Morgan fingerprint density at radius 3 is 1.96 bits per heavy atom. The van der Waals surface area contributed by atoms with E-state index >= 15 is 0 Å². The van der Waals surface area contributed by atoms with Crippen molar-refractivity contribution in [2.45, 2.75) is 15.2 Å². The van der Waals surface area contributed by atoms with Gasteiger partial charge in [-0.2, -0.15) is 0 Å². The minimum absolute atomic E-state index is 0.516. The van der Waals surface area contributed by atoms with Gasteiger partial charge in [0.2, 0.25) is 0 Å². The highest BCUT2D eigenvalue weighted by Crippen LogP contribution is 2.62. The van der Waals surface area contributed by atoms with E-state index in [0.29, 0.717) is 0 Å². The lowest BCUT2D eigenvalue weighted by molar-refractivity contribution is 0.707. The molecule has 1 aliphatic carbocycles. The molecule has 3 heteroatoms. The summed E-state index contributed by atoms with van der Waals surface area (Å²) in [6.07, 6.45) is 0. The van der Waals surface area contributed by atoms with E-state index in [4.69, 9.17) is 0 Å². The lowest BCUT2D eigenvalue weighted by Crippen LogP contribution is -2.36. The summed E-state index contributed by atoms with van der Waals surface area (Å²) in [6, 6.07) is 70.5. The molecule has 1 atom stereocenters. The number of anilines is 3. The molecule has 0 radical (unpaired) electrons. The first kappa shape index (κ1) is 30.3. The van der Waals surface area contributed by atoms with Crippen LogP contribution in [0.2, 0.25) is 0 Å². The number of nitrogens with zero attached hydrogens (tertiary/aromatic N) is 1. The van der Waals surface area contributed by atoms with E-state index in [1.165, 1.54) is 90.6 Å². The van der Waals surface area contributed by atoms with Gasteiger partial charge in [-0.15, -0.1) is 11.3 Å². The second-order valence-electron chi connectivity index (χ2n) is 14.4. The molecule has 2 heterocycles. The zero-order valence-electron chi connectivity index (χ0n) is 29.2. The van der Waals surface area contributed by atoms with Crippen LogP contribution in [0.4, 0.5) is 17.1 Å². The predicted molar refractivity (Wildman–Crippen MR) is 230 cm³/mol. The number of benzene rings is 9. The first-order valence-corrected chi connectivity index (χ1v) is 20.1. The van der Waals surface area contributed by atoms with Crippen LogP contribution < -0.4 is 4.90 Å². The van der Waals surface area contributed by atoms with E-state index in [1.807, 2.05) is 23.1 Å². The first-order valence-electron chi connectivity index (χ1n) is 18.5. The lowest BCUT2D eigenvalue weighted by atomic mass is 9.59. The first-order chi connectivity index (χ1) is 26.8. The molecule has 1 aromatic heterocycles. The van der Waals surface area contributed by atoms with Crippen molar-refractivity contribution in [3.8, 4) is 11.1 Å². The quantitative estimate of drug-likeness (QED) is 0.179. The zero-order chi connectivity index (χ0) is 35.4. The van der Waals surface area contributed by atoms with Crippen molar-refractivity contribution >= 4 is 81.9 Å². The van der Waals surface area contributed by atoms with Gasteiger partial charge in [0.05, 0.1) is 11.1 Å².